The van der Waals surface area contributed by atoms with Crippen LogP contribution in [0.25, 0.3) is 5.69 Å². The molecule has 4 aromatic rings. The molecule has 2 heterocycles. The summed E-state index contributed by atoms with van der Waals surface area (Å²) in [7, 11) is 0. The zero-order valence-electron chi connectivity index (χ0n) is 20.2. The number of halogens is 3. The number of aryl methyl sites for hydroxylation is 3. The number of nitrogens with one attached hydrogen (secondary N) is 1. The minimum Gasteiger partial charge on any atom is -0.406 e. The van der Waals surface area contributed by atoms with E-state index in [1.54, 1.807) is 0 Å². The van der Waals surface area contributed by atoms with Gasteiger partial charge >= 0.3 is 6.36 Å². The Morgan fingerprint density at radius 2 is 1.65 bits per heavy atom. The first kappa shape index (κ1) is 26.1. The standard InChI is InChI=1S/C25H23F3N6O2S/c1-15-4-6-18(7-5-15)13-29-23(35)22-21(14-37-24-30-16(2)12-17(3)31-24)34(33-32-22)19-8-10-20(11-9-19)36-25(26,27)28/h4-12H,13-14H2,1-3H3,(H,29,35). The largest absolute Gasteiger partial charge is 0.573 e. The van der Waals surface area contributed by atoms with Gasteiger partial charge in [0.15, 0.2) is 10.9 Å². The van der Waals surface area contributed by atoms with Crippen molar-refractivity contribution >= 4 is 17.7 Å². The molecule has 4 rings (SSSR count). The summed E-state index contributed by atoms with van der Waals surface area (Å²) < 4.78 is 43.0. The second-order valence-electron chi connectivity index (χ2n) is 8.23. The third-order valence-corrected chi connectivity index (χ3v) is 6.03. The number of hydrogen-bond donors (Lipinski definition) is 1. The smallest absolute Gasteiger partial charge is 0.406 e. The lowest BCUT2D eigenvalue weighted by atomic mass is 10.1. The number of rotatable bonds is 8. The van der Waals surface area contributed by atoms with Crippen LogP contribution in [0.5, 0.6) is 5.75 Å². The Bertz CT molecular complexity index is 1370. The maximum absolute atomic E-state index is 13.1. The molecule has 1 amide bonds. The van der Waals surface area contributed by atoms with E-state index in [4.69, 9.17) is 0 Å². The highest BCUT2D eigenvalue weighted by atomic mass is 32.2. The number of carbonyl (C=O) groups excluding carboxylic acids is 1. The second kappa shape index (κ2) is 11.0. The van der Waals surface area contributed by atoms with Gasteiger partial charge in [0.1, 0.15) is 5.75 Å². The molecule has 0 bridgehead atoms. The molecule has 0 atom stereocenters. The van der Waals surface area contributed by atoms with Gasteiger partial charge in [0.25, 0.3) is 5.91 Å². The molecule has 2 aromatic carbocycles. The van der Waals surface area contributed by atoms with Gasteiger partial charge in [0.2, 0.25) is 0 Å². The third kappa shape index (κ3) is 7.06. The molecule has 2 aromatic heterocycles. The number of alkyl halides is 3. The molecular weight excluding hydrogens is 505 g/mol. The van der Waals surface area contributed by atoms with Crippen molar-refractivity contribution in [3.8, 4) is 11.4 Å². The van der Waals surface area contributed by atoms with E-state index in [1.165, 1.54) is 40.7 Å². The quantitative estimate of drug-likeness (QED) is 0.251. The van der Waals surface area contributed by atoms with Crippen LogP contribution in [0.3, 0.4) is 0 Å². The fourth-order valence-electron chi connectivity index (χ4n) is 3.47. The molecule has 0 fully saturated rings. The van der Waals surface area contributed by atoms with Gasteiger partial charge in [-0.25, -0.2) is 14.6 Å². The Balaban J connectivity index is 1.60. The summed E-state index contributed by atoms with van der Waals surface area (Å²) >= 11 is 1.30. The van der Waals surface area contributed by atoms with Crippen LogP contribution < -0.4 is 10.1 Å². The van der Waals surface area contributed by atoms with Crippen LogP contribution in [0.2, 0.25) is 0 Å². The predicted molar refractivity (Wildman–Crippen MR) is 131 cm³/mol. The van der Waals surface area contributed by atoms with Crippen molar-refractivity contribution < 1.29 is 22.7 Å². The van der Waals surface area contributed by atoms with E-state index in [0.29, 0.717) is 23.1 Å². The van der Waals surface area contributed by atoms with Crippen LogP contribution in [0.1, 0.15) is 38.7 Å². The van der Waals surface area contributed by atoms with Gasteiger partial charge < -0.3 is 10.1 Å². The van der Waals surface area contributed by atoms with E-state index in [2.05, 4.69) is 30.3 Å². The summed E-state index contributed by atoms with van der Waals surface area (Å²) in [5.41, 5.74) is 4.59. The topological polar surface area (TPSA) is 94.8 Å². The number of nitrogens with zero attached hydrogens (tertiary/aromatic N) is 5. The van der Waals surface area contributed by atoms with Crippen molar-refractivity contribution in [2.45, 2.75) is 44.6 Å². The first-order valence-electron chi connectivity index (χ1n) is 11.2. The number of aromatic nitrogens is 5. The lowest BCUT2D eigenvalue weighted by Gasteiger charge is -2.11. The number of benzene rings is 2. The summed E-state index contributed by atoms with van der Waals surface area (Å²) in [5, 5.41) is 11.6. The maximum Gasteiger partial charge on any atom is 0.573 e. The highest BCUT2D eigenvalue weighted by Gasteiger charge is 2.31. The first-order chi connectivity index (χ1) is 17.6. The fourth-order valence-corrected chi connectivity index (χ4v) is 4.41. The van der Waals surface area contributed by atoms with Crippen LogP contribution in [0.4, 0.5) is 13.2 Å². The summed E-state index contributed by atoms with van der Waals surface area (Å²) in [6.45, 7) is 5.99. The molecule has 12 heteroatoms. The van der Waals surface area contributed by atoms with Gasteiger partial charge in [-0.1, -0.05) is 46.8 Å². The van der Waals surface area contributed by atoms with E-state index in [1.807, 2.05) is 51.1 Å². The van der Waals surface area contributed by atoms with Crippen LogP contribution in [-0.2, 0) is 12.3 Å². The van der Waals surface area contributed by atoms with Crippen molar-refractivity contribution in [1.82, 2.24) is 30.3 Å². The van der Waals surface area contributed by atoms with Crippen LogP contribution >= 0.6 is 11.8 Å². The van der Waals surface area contributed by atoms with Crippen molar-refractivity contribution in [2.75, 3.05) is 0 Å². The normalized spacial score (nSPS) is 11.4. The first-order valence-corrected chi connectivity index (χ1v) is 12.2. The molecule has 192 valence electrons. The molecule has 0 aliphatic carbocycles. The molecule has 37 heavy (non-hydrogen) atoms. The lowest BCUT2D eigenvalue weighted by Crippen LogP contribution is -2.24. The van der Waals surface area contributed by atoms with Crippen molar-refractivity contribution in [1.29, 1.82) is 0 Å². The van der Waals surface area contributed by atoms with Gasteiger partial charge in [-0.15, -0.1) is 18.3 Å². The van der Waals surface area contributed by atoms with E-state index in [0.717, 1.165) is 22.5 Å². The molecule has 0 saturated carbocycles. The lowest BCUT2D eigenvalue weighted by molar-refractivity contribution is -0.274. The summed E-state index contributed by atoms with van der Waals surface area (Å²) in [6, 6.07) is 14.8. The van der Waals surface area contributed by atoms with Gasteiger partial charge in [0.05, 0.1) is 11.4 Å². The minimum atomic E-state index is -4.80. The Hall–Kier alpha value is -3.93. The zero-order chi connectivity index (χ0) is 26.6. The van der Waals surface area contributed by atoms with Gasteiger partial charge in [-0.2, -0.15) is 0 Å². The molecule has 0 aliphatic rings. The second-order valence-corrected chi connectivity index (χ2v) is 9.17. The Kier molecular flexibility index (Phi) is 7.77. The number of hydrogen-bond acceptors (Lipinski definition) is 7. The van der Waals surface area contributed by atoms with Crippen molar-refractivity contribution in [2.24, 2.45) is 0 Å². The molecule has 0 unspecified atom stereocenters. The molecule has 8 nitrogen and oxygen atoms in total. The summed E-state index contributed by atoms with van der Waals surface area (Å²) in [6.07, 6.45) is -4.80. The van der Waals surface area contributed by atoms with Gasteiger partial charge in [0, 0.05) is 23.7 Å². The third-order valence-electron chi connectivity index (χ3n) is 5.17. The van der Waals surface area contributed by atoms with Crippen LogP contribution in [0.15, 0.2) is 59.8 Å². The highest BCUT2D eigenvalue weighted by molar-refractivity contribution is 7.98. The Morgan fingerprint density at radius 1 is 1.00 bits per heavy atom. The average Bonchev–Trinajstić information content (AvgIpc) is 3.25. The molecular formula is C25H23F3N6O2S. The van der Waals surface area contributed by atoms with E-state index in [-0.39, 0.29) is 17.2 Å². The number of thioether (sulfide) groups is 1. The monoisotopic (exact) mass is 528 g/mol. The van der Waals surface area contributed by atoms with Crippen molar-refractivity contribution in [3.05, 3.63) is 88.5 Å². The predicted octanol–water partition coefficient (Wildman–Crippen LogP) is 5.10. The molecule has 0 radical (unpaired) electrons. The summed E-state index contributed by atoms with van der Waals surface area (Å²) in [5.74, 6) is -0.558. The van der Waals surface area contributed by atoms with Crippen molar-refractivity contribution in [3.63, 3.8) is 0 Å². The number of ether oxygens (including phenoxy) is 1. The van der Waals surface area contributed by atoms with E-state index >= 15 is 0 Å². The number of amides is 1. The van der Waals surface area contributed by atoms with E-state index < -0.39 is 12.3 Å². The Labute approximate surface area is 215 Å². The van der Waals surface area contributed by atoms with Gasteiger partial charge in [-0.05, 0) is 56.7 Å². The Morgan fingerprint density at radius 3 is 2.27 bits per heavy atom. The SMILES string of the molecule is Cc1ccc(CNC(=O)c2nnn(-c3ccc(OC(F)(F)F)cc3)c2CSc2nc(C)cc(C)n2)cc1. The maximum atomic E-state index is 13.1. The van der Waals surface area contributed by atoms with Crippen LogP contribution in [-0.4, -0.2) is 37.2 Å². The molecule has 0 spiro atoms. The van der Waals surface area contributed by atoms with E-state index in [9.17, 15) is 18.0 Å². The zero-order valence-corrected chi connectivity index (χ0v) is 21.0. The number of carbonyl (C=O) groups is 1. The summed E-state index contributed by atoms with van der Waals surface area (Å²) in [4.78, 5) is 21.9. The minimum absolute atomic E-state index is 0.0969. The average molecular weight is 529 g/mol. The molecule has 0 saturated heterocycles. The fraction of sp³-hybridized carbons (Fsp3) is 0.240. The molecule has 0 aliphatic heterocycles. The highest BCUT2D eigenvalue weighted by Crippen LogP contribution is 2.26. The van der Waals surface area contributed by atoms with Gasteiger partial charge in [-0.3, -0.25) is 4.79 Å². The van der Waals surface area contributed by atoms with Crippen LogP contribution in [0, 0.1) is 20.8 Å². The molecule has 1 N–H and O–H groups in total.